The molecule has 0 saturated carbocycles. The fourth-order valence-corrected chi connectivity index (χ4v) is 4.22. The number of rotatable bonds is 6. The van der Waals surface area contributed by atoms with Crippen LogP contribution >= 0.6 is 0 Å². The Hall–Kier alpha value is -4.37. The maximum absolute atomic E-state index is 13.0. The average Bonchev–Trinajstić information content (AvgIpc) is 2.80. The van der Waals surface area contributed by atoms with E-state index in [0.717, 1.165) is 0 Å². The van der Waals surface area contributed by atoms with Gasteiger partial charge in [-0.05, 0) is 72.8 Å². The van der Waals surface area contributed by atoms with Crippen LogP contribution in [0.5, 0.6) is 34.5 Å². The van der Waals surface area contributed by atoms with Gasteiger partial charge in [-0.3, -0.25) is 0 Å². The second-order valence-corrected chi connectivity index (χ2v) is 9.04. The number of aromatic hydroxyl groups is 2. The van der Waals surface area contributed by atoms with E-state index in [1.54, 1.807) is 12.1 Å². The molecule has 0 fully saturated rings. The quantitative estimate of drug-likeness (QED) is 0.238. The van der Waals surface area contributed by atoms with E-state index in [4.69, 9.17) is 20.9 Å². The molecule has 0 heterocycles. The van der Waals surface area contributed by atoms with E-state index in [-0.39, 0.29) is 32.7 Å². The van der Waals surface area contributed by atoms with Gasteiger partial charge in [0.15, 0.2) is 0 Å². The standard InChI is InChI=1S/C24H20N2O6S/c25-21-11-5-17(13-23(21)27)31-15-1-7-19(8-2-15)33(29,30)20-9-3-16(4-10-20)32-18-6-12-22(26)24(28)14-18/h1-14,27-28H,25-26H2. The molecule has 0 aliphatic carbocycles. The number of nitrogen functional groups attached to an aromatic ring is 2. The Morgan fingerprint density at radius 1 is 0.545 bits per heavy atom. The summed E-state index contributed by atoms with van der Waals surface area (Å²) in [4.78, 5) is 0.180. The van der Waals surface area contributed by atoms with Crippen LogP contribution in [0.1, 0.15) is 0 Å². The van der Waals surface area contributed by atoms with Crippen molar-refractivity contribution in [1.29, 1.82) is 0 Å². The van der Waals surface area contributed by atoms with Crippen molar-refractivity contribution in [2.24, 2.45) is 0 Å². The van der Waals surface area contributed by atoms with Crippen LogP contribution in [0.4, 0.5) is 11.4 Å². The third kappa shape index (κ3) is 4.78. The highest BCUT2D eigenvalue weighted by atomic mass is 32.2. The predicted molar refractivity (Wildman–Crippen MR) is 124 cm³/mol. The van der Waals surface area contributed by atoms with E-state index in [2.05, 4.69) is 0 Å². The number of benzene rings is 4. The van der Waals surface area contributed by atoms with Gasteiger partial charge in [0, 0.05) is 12.1 Å². The van der Waals surface area contributed by atoms with Gasteiger partial charge in [0.25, 0.3) is 0 Å². The second-order valence-electron chi connectivity index (χ2n) is 7.09. The van der Waals surface area contributed by atoms with Crippen molar-refractivity contribution in [3.8, 4) is 34.5 Å². The van der Waals surface area contributed by atoms with Crippen LogP contribution in [0, 0.1) is 0 Å². The van der Waals surface area contributed by atoms with E-state index in [1.807, 2.05) is 0 Å². The first-order chi connectivity index (χ1) is 15.7. The summed E-state index contributed by atoms with van der Waals surface area (Å²) in [6, 6.07) is 20.8. The highest BCUT2D eigenvalue weighted by Gasteiger charge is 2.18. The molecule has 4 aromatic carbocycles. The molecule has 4 rings (SSSR count). The molecule has 0 spiro atoms. The van der Waals surface area contributed by atoms with Gasteiger partial charge in [-0.2, -0.15) is 0 Å². The summed E-state index contributed by atoms with van der Waals surface area (Å²) in [5.41, 5.74) is 11.6. The topological polar surface area (TPSA) is 145 Å². The highest BCUT2D eigenvalue weighted by Crippen LogP contribution is 2.32. The zero-order chi connectivity index (χ0) is 23.6. The summed E-state index contributed by atoms with van der Waals surface area (Å²) in [7, 11) is -3.77. The number of sulfone groups is 1. The number of hydrogen-bond donors (Lipinski definition) is 4. The lowest BCUT2D eigenvalue weighted by molar-refractivity contribution is 0.456. The van der Waals surface area contributed by atoms with Crippen molar-refractivity contribution < 1.29 is 28.1 Å². The summed E-state index contributed by atoms with van der Waals surface area (Å²) in [6.07, 6.45) is 0. The summed E-state index contributed by atoms with van der Waals surface area (Å²) >= 11 is 0. The summed E-state index contributed by atoms with van der Waals surface area (Å²) in [5.74, 6) is 1.31. The van der Waals surface area contributed by atoms with Crippen molar-refractivity contribution in [1.82, 2.24) is 0 Å². The molecule has 9 heteroatoms. The van der Waals surface area contributed by atoms with Crippen LogP contribution in [0.15, 0.2) is 94.7 Å². The Morgan fingerprint density at radius 2 is 0.879 bits per heavy atom. The van der Waals surface area contributed by atoms with Gasteiger partial charge >= 0.3 is 0 Å². The molecule has 0 aromatic heterocycles. The lowest BCUT2D eigenvalue weighted by Crippen LogP contribution is -2.01. The van der Waals surface area contributed by atoms with Gasteiger partial charge in [0.2, 0.25) is 9.84 Å². The summed E-state index contributed by atoms with van der Waals surface area (Å²) in [5, 5.41) is 19.3. The normalized spacial score (nSPS) is 11.2. The van der Waals surface area contributed by atoms with Gasteiger partial charge in [-0.25, -0.2) is 8.42 Å². The van der Waals surface area contributed by atoms with Crippen LogP contribution in [0.3, 0.4) is 0 Å². The number of hydrogen-bond acceptors (Lipinski definition) is 8. The lowest BCUT2D eigenvalue weighted by Gasteiger charge is -2.10. The minimum atomic E-state index is -3.77. The van der Waals surface area contributed by atoms with Crippen molar-refractivity contribution in [2.75, 3.05) is 11.5 Å². The Morgan fingerprint density at radius 3 is 1.21 bits per heavy atom. The predicted octanol–water partition coefficient (Wildman–Crippen LogP) is 4.68. The minimum absolute atomic E-state index is 0.0899. The smallest absolute Gasteiger partial charge is 0.206 e. The molecule has 33 heavy (non-hydrogen) atoms. The third-order valence-electron chi connectivity index (χ3n) is 4.74. The van der Waals surface area contributed by atoms with Crippen LogP contribution in [0.2, 0.25) is 0 Å². The average molecular weight is 464 g/mol. The number of ether oxygens (including phenoxy) is 2. The first-order valence-electron chi connectivity index (χ1n) is 9.70. The van der Waals surface area contributed by atoms with Crippen molar-refractivity contribution >= 4 is 21.2 Å². The molecular formula is C24H20N2O6S. The van der Waals surface area contributed by atoms with Crippen LogP contribution in [-0.2, 0) is 9.84 Å². The lowest BCUT2D eigenvalue weighted by atomic mass is 10.3. The largest absolute Gasteiger partial charge is 0.506 e. The number of anilines is 2. The SMILES string of the molecule is Nc1ccc(Oc2ccc(S(=O)(=O)c3ccc(Oc4ccc(N)c(O)c4)cc3)cc2)cc1O. The van der Waals surface area contributed by atoms with Gasteiger partial charge < -0.3 is 31.2 Å². The molecule has 0 saturated heterocycles. The second kappa shape index (κ2) is 8.64. The Labute approximate surface area is 190 Å². The van der Waals surface area contributed by atoms with E-state index in [0.29, 0.717) is 23.0 Å². The van der Waals surface area contributed by atoms with Crippen molar-refractivity contribution in [3.63, 3.8) is 0 Å². The molecule has 0 amide bonds. The Bertz CT molecular complexity index is 1300. The zero-order valence-corrected chi connectivity index (χ0v) is 18.0. The molecule has 0 radical (unpaired) electrons. The maximum Gasteiger partial charge on any atom is 0.206 e. The fourth-order valence-electron chi connectivity index (χ4n) is 2.96. The van der Waals surface area contributed by atoms with E-state index in [9.17, 15) is 18.6 Å². The van der Waals surface area contributed by atoms with Crippen molar-refractivity contribution in [3.05, 3.63) is 84.9 Å². The van der Waals surface area contributed by atoms with E-state index < -0.39 is 9.84 Å². The molecular weight excluding hydrogens is 444 g/mol. The van der Waals surface area contributed by atoms with Gasteiger partial charge in [0.1, 0.15) is 34.5 Å². The summed E-state index contributed by atoms with van der Waals surface area (Å²) < 4.78 is 37.2. The minimum Gasteiger partial charge on any atom is -0.506 e. The van der Waals surface area contributed by atoms with Crippen LogP contribution in [-0.4, -0.2) is 18.6 Å². The molecule has 8 nitrogen and oxygen atoms in total. The number of nitrogens with two attached hydrogens (primary N) is 2. The van der Waals surface area contributed by atoms with Gasteiger partial charge in [-0.15, -0.1) is 0 Å². The van der Waals surface area contributed by atoms with E-state index in [1.165, 1.54) is 72.8 Å². The molecule has 4 aromatic rings. The molecule has 6 N–H and O–H groups in total. The maximum atomic E-state index is 13.0. The van der Waals surface area contributed by atoms with Crippen LogP contribution < -0.4 is 20.9 Å². The molecule has 0 aliphatic heterocycles. The van der Waals surface area contributed by atoms with Crippen molar-refractivity contribution in [2.45, 2.75) is 9.79 Å². The molecule has 0 aliphatic rings. The zero-order valence-electron chi connectivity index (χ0n) is 17.2. The third-order valence-corrected chi connectivity index (χ3v) is 6.53. The molecule has 0 unspecified atom stereocenters. The Kier molecular flexibility index (Phi) is 5.72. The first-order valence-corrected chi connectivity index (χ1v) is 11.2. The number of phenolic OH excluding ortho intramolecular Hbond substituents is 2. The van der Waals surface area contributed by atoms with E-state index >= 15 is 0 Å². The monoisotopic (exact) mass is 464 g/mol. The molecule has 0 bridgehead atoms. The fraction of sp³-hybridized carbons (Fsp3) is 0. The summed E-state index contributed by atoms with van der Waals surface area (Å²) in [6.45, 7) is 0. The highest BCUT2D eigenvalue weighted by molar-refractivity contribution is 7.91. The number of phenols is 2. The Balaban J connectivity index is 1.49. The molecule has 168 valence electrons. The van der Waals surface area contributed by atoms with Gasteiger partial charge in [-0.1, -0.05) is 0 Å². The van der Waals surface area contributed by atoms with Crippen LogP contribution in [0.25, 0.3) is 0 Å². The molecule has 0 atom stereocenters. The first kappa shape index (κ1) is 21.8. The van der Waals surface area contributed by atoms with Gasteiger partial charge in [0.05, 0.1) is 21.2 Å².